The number of nitrogens with one attached hydrogen (secondary N) is 1. The fourth-order valence-corrected chi connectivity index (χ4v) is 5.39. The number of nitrogens with zero attached hydrogens (tertiary/aromatic N) is 6. The number of alkyl halides is 3. The van der Waals surface area contributed by atoms with Crippen molar-refractivity contribution < 1.29 is 31.5 Å². The molecule has 0 radical (unpaired) electrons. The number of fused-ring (bicyclic) bond motifs is 1. The average Bonchev–Trinajstić information content (AvgIpc) is 3.66. The Bertz CT molecular complexity index is 1870. The summed E-state index contributed by atoms with van der Waals surface area (Å²) >= 11 is 0. The molecule has 5 aromatic rings. The maximum Gasteiger partial charge on any atom is 0.490 e. The number of benzene rings is 2. The Hall–Kier alpha value is -5.07. The standard InChI is InChI=1S/C26H23N7O2S.C2HF3O2/c1-32(16-19-6-3-2-4-7-19)36(34,35)22-9-5-8-20(14-22)24(10-12-27)33-17-21(15-31-33)25-23-11-13-28-26(23)30-18-29-25;3-2(4,5)1(6)7/h2-9,11,13-15,17-18,24H,10,16H2,1H3,(H,28,29,30);(H,6,7). The summed E-state index contributed by atoms with van der Waals surface area (Å²) in [6.07, 6.45) is 1.83. The minimum atomic E-state index is -5.08. The third-order valence-electron chi connectivity index (χ3n) is 6.27. The number of carbonyl (C=O) groups is 1. The number of carboxylic acid groups (broad SMARTS) is 1. The zero-order valence-electron chi connectivity index (χ0n) is 22.5. The second kappa shape index (κ2) is 12.8. The van der Waals surface area contributed by atoms with Gasteiger partial charge < -0.3 is 10.1 Å². The normalized spacial score (nSPS) is 12.4. The number of aromatic amines is 1. The first-order valence-electron chi connectivity index (χ1n) is 12.5. The van der Waals surface area contributed by atoms with Gasteiger partial charge in [-0.05, 0) is 29.3 Å². The summed E-state index contributed by atoms with van der Waals surface area (Å²) in [5, 5.41) is 22.0. The molecule has 2 N–H and O–H groups in total. The van der Waals surface area contributed by atoms with Gasteiger partial charge in [-0.25, -0.2) is 23.2 Å². The van der Waals surface area contributed by atoms with Crippen LogP contribution in [0.3, 0.4) is 0 Å². The number of H-pyrrole nitrogens is 1. The summed E-state index contributed by atoms with van der Waals surface area (Å²) < 4.78 is 61.4. The molecule has 1 unspecified atom stereocenters. The Kier molecular flexibility index (Phi) is 9.22. The van der Waals surface area contributed by atoms with Crippen LogP contribution in [0.1, 0.15) is 23.6 Å². The number of halogens is 3. The number of hydrogen-bond acceptors (Lipinski definition) is 7. The lowest BCUT2D eigenvalue weighted by Gasteiger charge is -2.20. The Morgan fingerprint density at radius 1 is 1.14 bits per heavy atom. The maximum absolute atomic E-state index is 13.3. The SMILES string of the molecule is CN(Cc1ccccc1)S(=O)(=O)c1cccc(C(CC#N)n2cc(-c3ncnc4[nH]ccc34)cn2)c1.O=C(O)C(F)(F)F. The molecule has 222 valence electrons. The average molecular weight is 612 g/mol. The zero-order chi connectivity index (χ0) is 31.2. The molecule has 15 heteroatoms. The summed E-state index contributed by atoms with van der Waals surface area (Å²) in [5.74, 6) is -2.76. The van der Waals surface area contributed by atoms with Gasteiger partial charge in [-0.3, -0.25) is 4.68 Å². The molecule has 3 heterocycles. The summed E-state index contributed by atoms with van der Waals surface area (Å²) in [7, 11) is -2.19. The number of sulfonamides is 1. The highest BCUT2D eigenvalue weighted by atomic mass is 32.2. The molecular weight excluding hydrogens is 587 g/mol. The first-order chi connectivity index (χ1) is 20.4. The smallest absolute Gasteiger partial charge is 0.475 e. The number of aliphatic carboxylic acids is 1. The van der Waals surface area contributed by atoms with Crippen LogP contribution in [-0.4, -0.2) is 61.8 Å². The second-order valence-corrected chi connectivity index (χ2v) is 11.2. The third-order valence-corrected chi connectivity index (χ3v) is 8.07. The van der Waals surface area contributed by atoms with E-state index in [-0.39, 0.29) is 17.9 Å². The number of hydrogen-bond donors (Lipinski definition) is 2. The largest absolute Gasteiger partial charge is 0.490 e. The van der Waals surface area contributed by atoms with Crippen molar-refractivity contribution in [1.82, 2.24) is 29.0 Å². The second-order valence-electron chi connectivity index (χ2n) is 9.17. The monoisotopic (exact) mass is 611 g/mol. The van der Waals surface area contributed by atoms with Crippen molar-refractivity contribution in [1.29, 1.82) is 5.26 Å². The van der Waals surface area contributed by atoms with Crippen molar-refractivity contribution >= 4 is 27.0 Å². The molecule has 0 aliphatic carbocycles. The van der Waals surface area contributed by atoms with Gasteiger partial charge in [0.05, 0.1) is 35.3 Å². The van der Waals surface area contributed by atoms with E-state index in [0.29, 0.717) is 5.56 Å². The van der Waals surface area contributed by atoms with Crippen LogP contribution < -0.4 is 0 Å². The lowest BCUT2D eigenvalue weighted by Crippen LogP contribution is -2.26. The fourth-order valence-electron chi connectivity index (χ4n) is 4.17. The van der Waals surface area contributed by atoms with Crippen LogP contribution in [0.25, 0.3) is 22.3 Å². The number of carboxylic acids is 1. The van der Waals surface area contributed by atoms with Crippen LogP contribution in [0.5, 0.6) is 0 Å². The lowest BCUT2D eigenvalue weighted by molar-refractivity contribution is -0.192. The highest BCUT2D eigenvalue weighted by Gasteiger charge is 2.38. The van der Waals surface area contributed by atoms with Crippen molar-refractivity contribution in [3.05, 3.63) is 96.7 Å². The van der Waals surface area contributed by atoms with Gasteiger partial charge in [-0.2, -0.15) is 27.8 Å². The lowest BCUT2D eigenvalue weighted by atomic mass is 10.0. The van der Waals surface area contributed by atoms with E-state index in [0.717, 1.165) is 27.9 Å². The van der Waals surface area contributed by atoms with Gasteiger partial charge in [0, 0.05) is 36.9 Å². The highest BCUT2D eigenvalue weighted by molar-refractivity contribution is 7.89. The first kappa shape index (κ1) is 30.9. The van der Waals surface area contributed by atoms with Crippen LogP contribution >= 0.6 is 0 Å². The Morgan fingerprint density at radius 3 is 2.53 bits per heavy atom. The summed E-state index contributed by atoms with van der Waals surface area (Å²) in [6, 6.07) is 19.8. The predicted octanol–water partition coefficient (Wildman–Crippen LogP) is 4.78. The van der Waals surface area contributed by atoms with E-state index in [4.69, 9.17) is 9.90 Å². The van der Waals surface area contributed by atoms with E-state index in [1.165, 1.54) is 10.6 Å². The molecule has 0 spiro atoms. The molecule has 0 amide bonds. The molecule has 0 fully saturated rings. The molecule has 0 saturated carbocycles. The maximum atomic E-state index is 13.3. The molecule has 2 aromatic carbocycles. The van der Waals surface area contributed by atoms with Crippen LogP contribution in [0.4, 0.5) is 13.2 Å². The van der Waals surface area contributed by atoms with Gasteiger partial charge >= 0.3 is 12.1 Å². The molecule has 3 aromatic heterocycles. The Morgan fingerprint density at radius 2 is 1.86 bits per heavy atom. The molecule has 0 aliphatic rings. The summed E-state index contributed by atoms with van der Waals surface area (Å²) in [6.45, 7) is 0.254. The van der Waals surface area contributed by atoms with Crippen LogP contribution in [0.2, 0.25) is 0 Å². The third kappa shape index (κ3) is 7.23. The van der Waals surface area contributed by atoms with Gasteiger partial charge in [0.25, 0.3) is 0 Å². The fraction of sp³-hybridized carbons (Fsp3) is 0.179. The molecule has 11 nitrogen and oxygen atoms in total. The Balaban J connectivity index is 0.000000541. The molecule has 5 rings (SSSR count). The van der Waals surface area contributed by atoms with Crippen molar-refractivity contribution in [2.45, 2.75) is 30.1 Å². The van der Waals surface area contributed by atoms with Gasteiger partial charge in [-0.1, -0.05) is 42.5 Å². The summed E-state index contributed by atoms with van der Waals surface area (Å²) in [5.41, 5.74) is 3.79. The zero-order valence-corrected chi connectivity index (χ0v) is 23.3. The molecular formula is C28H24F3N7O4S. The molecule has 0 bridgehead atoms. The van der Waals surface area contributed by atoms with Crippen LogP contribution in [0.15, 0.2) is 90.5 Å². The van der Waals surface area contributed by atoms with Crippen molar-refractivity contribution in [3.8, 4) is 17.3 Å². The Labute approximate surface area is 243 Å². The molecule has 0 aliphatic heterocycles. The van der Waals surface area contributed by atoms with E-state index in [9.17, 15) is 26.9 Å². The minimum absolute atomic E-state index is 0.119. The number of aromatic nitrogens is 5. The molecule has 0 saturated heterocycles. The number of rotatable bonds is 8. The van der Waals surface area contributed by atoms with E-state index in [1.807, 2.05) is 48.7 Å². The van der Waals surface area contributed by atoms with E-state index < -0.39 is 28.2 Å². The minimum Gasteiger partial charge on any atom is -0.475 e. The van der Waals surface area contributed by atoms with E-state index in [2.05, 4.69) is 26.1 Å². The topological polar surface area (TPSA) is 158 Å². The van der Waals surface area contributed by atoms with Crippen molar-refractivity contribution in [2.24, 2.45) is 0 Å². The first-order valence-corrected chi connectivity index (χ1v) is 14.0. The van der Waals surface area contributed by atoms with Crippen LogP contribution in [-0.2, 0) is 21.4 Å². The van der Waals surface area contributed by atoms with E-state index in [1.54, 1.807) is 42.3 Å². The quantitative estimate of drug-likeness (QED) is 0.254. The molecule has 43 heavy (non-hydrogen) atoms. The van der Waals surface area contributed by atoms with Crippen molar-refractivity contribution in [2.75, 3.05) is 7.05 Å². The summed E-state index contributed by atoms with van der Waals surface area (Å²) in [4.78, 5) is 20.8. The van der Waals surface area contributed by atoms with Gasteiger partial charge in [0.1, 0.15) is 12.0 Å². The van der Waals surface area contributed by atoms with Gasteiger partial charge in [0.15, 0.2) is 0 Å². The van der Waals surface area contributed by atoms with E-state index >= 15 is 0 Å². The molecule has 1 atom stereocenters. The van der Waals surface area contributed by atoms with Gasteiger partial charge in [-0.15, -0.1) is 0 Å². The van der Waals surface area contributed by atoms with Crippen molar-refractivity contribution in [3.63, 3.8) is 0 Å². The number of nitriles is 1. The highest BCUT2D eigenvalue weighted by Crippen LogP contribution is 2.29. The van der Waals surface area contributed by atoms with Crippen LogP contribution in [0, 0.1) is 11.3 Å². The predicted molar refractivity (Wildman–Crippen MR) is 149 cm³/mol. The van der Waals surface area contributed by atoms with Gasteiger partial charge in [0.2, 0.25) is 10.0 Å².